The van der Waals surface area contributed by atoms with Crippen LogP contribution < -0.4 is 0 Å². The lowest BCUT2D eigenvalue weighted by Crippen LogP contribution is -2.47. The second kappa shape index (κ2) is 10.8. The number of allylic oxidation sites excluding steroid dienone is 2. The average Bonchev–Trinajstić information content (AvgIpc) is 2.53. The lowest BCUT2D eigenvalue weighted by Gasteiger charge is -2.38. The summed E-state index contributed by atoms with van der Waals surface area (Å²) in [5.41, 5.74) is 0. The first-order valence-corrected chi connectivity index (χ1v) is 12.1. The predicted octanol–water partition coefficient (Wildman–Crippen LogP) is 4.47. The number of carboxylic acid groups (broad SMARTS) is 1. The molecule has 0 aliphatic rings. The number of carboxylic acids is 1. The maximum Gasteiger partial charge on any atom is 0.308 e. The Hall–Kier alpha value is -0.913. The molecule has 5 atom stereocenters. The number of hydrogen-bond donors (Lipinski definition) is 2. The van der Waals surface area contributed by atoms with Gasteiger partial charge in [-0.05, 0) is 26.1 Å². The van der Waals surface area contributed by atoms with Gasteiger partial charge in [0.15, 0.2) is 8.32 Å². The van der Waals surface area contributed by atoms with E-state index in [1.165, 1.54) is 0 Å². The summed E-state index contributed by atoms with van der Waals surface area (Å²) in [6, 6.07) is 1.00. The van der Waals surface area contributed by atoms with Gasteiger partial charge in [0.25, 0.3) is 0 Å². The monoisotopic (exact) mass is 356 g/mol. The number of aliphatic carboxylic acids is 1. The van der Waals surface area contributed by atoms with E-state index in [4.69, 9.17) is 4.43 Å². The molecule has 0 aromatic rings. The third-order valence-electron chi connectivity index (χ3n) is 4.62. The molecule has 0 radical (unpaired) electrons. The topological polar surface area (TPSA) is 66.8 Å². The molecule has 0 saturated carbocycles. The van der Waals surface area contributed by atoms with E-state index >= 15 is 0 Å². The number of carbonyl (C=O) groups is 1. The Bertz CT molecular complexity index is 420. The highest BCUT2D eigenvalue weighted by molar-refractivity contribution is 6.71. The first-order chi connectivity index (χ1) is 11.1. The number of hydrogen-bond acceptors (Lipinski definition) is 3. The number of aliphatic hydroxyl groups is 1. The summed E-state index contributed by atoms with van der Waals surface area (Å²) in [6.45, 7) is 15.5. The van der Waals surface area contributed by atoms with E-state index in [-0.39, 0.29) is 11.8 Å². The molecular weight excluding hydrogens is 320 g/mol. The molecule has 24 heavy (non-hydrogen) atoms. The molecule has 4 nitrogen and oxygen atoms in total. The molecular formula is C19H36O4Si. The van der Waals surface area contributed by atoms with Crippen LogP contribution in [0, 0.1) is 17.8 Å². The van der Waals surface area contributed by atoms with Crippen LogP contribution in [0.1, 0.15) is 40.5 Å². The van der Waals surface area contributed by atoms with Crippen LogP contribution in [0.4, 0.5) is 0 Å². The molecule has 0 fully saturated rings. The molecule has 0 bridgehead atoms. The van der Waals surface area contributed by atoms with Crippen molar-refractivity contribution >= 4 is 14.3 Å². The van der Waals surface area contributed by atoms with Crippen molar-refractivity contribution in [3.05, 3.63) is 24.8 Å². The molecule has 5 heteroatoms. The van der Waals surface area contributed by atoms with Crippen LogP contribution in [0.5, 0.6) is 0 Å². The van der Waals surface area contributed by atoms with Gasteiger partial charge in [-0.1, -0.05) is 58.4 Å². The number of unbranched alkanes of at least 4 members (excludes halogenated alkanes) is 1. The van der Waals surface area contributed by atoms with Gasteiger partial charge in [0.1, 0.15) is 0 Å². The Morgan fingerprint density at radius 3 is 2.33 bits per heavy atom. The second-order valence-electron chi connectivity index (χ2n) is 7.40. The molecule has 140 valence electrons. The van der Waals surface area contributed by atoms with Crippen LogP contribution in [-0.2, 0) is 9.22 Å². The summed E-state index contributed by atoms with van der Waals surface area (Å²) < 4.78 is 6.35. The van der Waals surface area contributed by atoms with E-state index in [0.717, 1.165) is 18.9 Å². The molecule has 0 rings (SSSR count). The number of aliphatic hydroxyl groups excluding tert-OH is 1. The Morgan fingerprint density at radius 1 is 1.29 bits per heavy atom. The van der Waals surface area contributed by atoms with E-state index in [9.17, 15) is 15.0 Å². The minimum Gasteiger partial charge on any atom is -0.481 e. The zero-order valence-electron chi connectivity index (χ0n) is 16.2. The van der Waals surface area contributed by atoms with Crippen LogP contribution in [0.25, 0.3) is 0 Å². The third-order valence-corrected chi connectivity index (χ3v) is 7.08. The normalized spacial score (nSPS) is 18.8. The van der Waals surface area contributed by atoms with Gasteiger partial charge in [0.05, 0.1) is 18.1 Å². The molecule has 0 heterocycles. The van der Waals surface area contributed by atoms with E-state index < -0.39 is 32.4 Å². The lowest BCUT2D eigenvalue weighted by atomic mass is 9.84. The summed E-state index contributed by atoms with van der Waals surface area (Å²) in [6.07, 6.45) is 6.39. The van der Waals surface area contributed by atoms with Crippen molar-refractivity contribution in [1.82, 2.24) is 0 Å². The van der Waals surface area contributed by atoms with Crippen LogP contribution >= 0.6 is 0 Å². The van der Waals surface area contributed by atoms with E-state index in [2.05, 4.69) is 26.6 Å². The Morgan fingerprint density at radius 2 is 1.88 bits per heavy atom. The lowest BCUT2D eigenvalue weighted by molar-refractivity contribution is -0.146. The zero-order chi connectivity index (χ0) is 18.9. The summed E-state index contributed by atoms with van der Waals surface area (Å²) in [5, 5.41) is 20.1. The standard InChI is InChI=1S/C19H36O4Si/c1-8-10-12-14(3)17(20)15(4)18(16(5)19(21)22)23-24(6,7)13-11-9-2/h8,10,12,14-18,20H,1,9,11,13H2,2-7H3,(H,21,22). The number of rotatable bonds is 12. The van der Waals surface area contributed by atoms with Gasteiger partial charge in [-0.15, -0.1) is 0 Å². The highest BCUT2D eigenvalue weighted by Gasteiger charge is 2.38. The van der Waals surface area contributed by atoms with Gasteiger partial charge in [0.2, 0.25) is 0 Å². The van der Waals surface area contributed by atoms with Crippen molar-refractivity contribution < 1.29 is 19.4 Å². The van der Waals surface area contributed by atoms with E-state index in [1.54, 1.807) is 19.1 Å². The summed E-state index contributed by atoms with van der Waals surface area (Å²) >= 11 is 0. The van der Waals surface area contributed by atoms with Crippen molar-refractivity contribution in [2.75, 3.05) is 0 Å². The van der Waals surface area contributed by atoms with Gasteiger partial charge in [-0.3, -0.25) is 4.79 Å². The van der Waals surface area contributed by atoms with Crippen LogP contribution in [0.2, 0.25) is 19.1 Å². The molecule has 0 aromatic carbocycles. The first kappa shape index (κ1) is 23.1. The molecule has 0 aromatic heterocycles. The fraction of sp³-hybridized carbons (Fsp3) is 0.737. The first-order valence-electron chi connectivity index (χ1n) is 8.95. The Labute approximate surface area is 148 Å². The summed E-state index contributed by atoms with van der Waals surface area (Å²) in [5.74, 6) is -1.90. The minimum absolute atomic E-state index is 0.0921. The van der Waals surface area contributed by atoms with Crippen LogP contribution in [0.15, 0.2) is 24.8 Å². The van der Waals surface area contributed by atoms with E-state index in [0.29, 0.717) is 0 Å². The maximum absolute atomic E-state index is 11.5. The molecule has 0 spiro atoms. The SMILES string of the molecule is C=CC=CC(C)C(O)C(C)C(O[Si](C)(C)CCCC)C(C)C(=O)O. The molecule has 5 unspecified atom stereocenters. The van der Waals surface area contributed by atoms with Crippen molar-refractivity contribution in [2.45, 2.75) is 71.9 Å². The smallest absolute Gasteiger partial charge is 0.308 e. The van der Waals surface area contributed by atoms with Gasteiger partial charge in [-0.25, -0.2) is 0 Å². The van der Waals surface area contributed by atoms with Crippen molar-refractivity contribution in [2.24, 2.45) is 17.8 Å². The van der Waals surface area contributed by atoms with Crippen molar-refractivity contribution in [3.8, 4) is 0 Å². The highest BCUT2D eigenvalue weighted by atomic mass is 28.4. The van der Waals surface area contributed by atoms with Crippen LogP contribution in [0.3, 0.4) is 0 Å². The fourth-order valence-corrected chi connectivity index (χ4v) is 5.35. The van der Waals surface area contributed by atoms with E-state index in [1.807, 2.05) is 19.9 Å². The van der Waals surface area contributed by atoms with Gasteiger partial charge in [-0.2, -0.15) is 0 Å². The Balaban J connectivity index is 5.28. The summed E-state index contributed by atoms with van der Waals surface area (Å²) in [7, 11) is -1.97. The molecule has 0 aliphatic carbocycles. The third kappa shape index (κ3) is 7.77. The van der Waals surface area contributed by atoms with Crippen molar-refractivity contribution in [1.29, 1.82) is 0 Å². The largest absolute Gasteiger partial charge is 0.481 e. The average molecular weight is 357 g/mol. The van der Waals surface area contributed by atoms with Crippen LogP contribution in [-0.4, -0.2) is 36.7 Å². The zero-order valence-corrected chi connectivity index (χ0v) is 17.2. The quantitative estimate of drug-likeness (QED) is 0.400. The predicted molar refractivity (Wildman–Crippen MR) is 103 cm³/mol. The highest BCUT2D eigenvalue weighted by Crippen LogP contribution is 2.29. The summed E-state index contributed by atoms with van der Waals surface area (Å²) in [4.78, 5) is 11.5. The molecule has 0 saturated heterocycles. The molecule has 0 amide bonds. The van der Waals surface area contributed by atoms with Gasteiger partial charge < -0.3 is 14.6 Å². The maximum atomic E-state index is 11.5. The minimum atomic E-state index is -1.97. The second-order valence-corrected chi connectivity index (χ2v) is 11.7. The molecule has 2 N–H and O–H groups in total. The van der Waals surface area contributed by atoms with Gasteiger partial charge >= 0.3 is 5.97 Å². The fourth-order valence-electron chi connectivity index (χ4n) is 2.88. The van der Waals surface area contributed by atoms with Crippen molar-refractivity contribution in [3.63, 3.8) is 0 Å². The van der Waals surface area contributed by atoms with Gasteiger partial charge in [0, 0.05) is 11.8 Å². The molecule has 0 aliphatic heterocycles. The Kier molecular flexibility index (Phi) is 10.4.